The molecule has 5 N–H and O–H groups in total. The van der Waals surface area contributed by atoms with E-state index in [-0.39, 0.29) is 12.5 Å². The molecule has 0 heterocycles. The fraction of sp³-hybridized carbons (Fsp3) is 0.769. The predicted octanol–water partition coefficient (Wildman–Crippen LogP) is 0.687. The number of nitrogens with one attached hydrogen (secondary N) is 2. The number of carbonyl (C=O) groups excluding carboxylic acids is 2. The highest BCUT2D eigenvalue weighted by atomic mass is 16.4. The minimum Gasteiger partial charge on any atom is -0.481 e. The van der Waals surface area contributed by atoms with Gasteiger partial charge >= 0.3 is 12.0 Å². The van der Waals surface area contributed by atoms with E-state index in [9.17, 15) is 14.4 Å². The number of amides is 3. The number of hydrogen-bond donors (Lipinski definition) is 4. The van der Waals surface area contributed by atoms with Crippen molar-refractivity contribution in [2.45, 2.75) is 46.1 Å². The van der Waals surface area contributed by atoms with Crippen molar-refractivity contribution in [3.05, 3.63) is 0 Å². The van der Waals surface area contributed by atoms with Crippen molar-refractivity contribution in [3.63, 3.8) is 0 Å². The summed E-state index contributed by atoms with van der Waals surface area (Å²) in [4.78, 5) is 33.8. The molecule has 0 aliphatic heterocycles. The highest BCUT2D eigenvalue weighted by Crippen LogP contribution is 2.07. The molecule has 20 heavy (non-hydrogen) atoms. The molecule has 0 aromatic heterocycles. The number of rotatable bonds is 9. The van der Waals surface area contributed by atoms with Crippen LogP contribution in [0, 0.1) is 11.8 Å². The van der Waals surface area contributed by atoms with Crippen molar-refractivity contribution >= 4 is 17.9 Å². The van der Waals surface area contributed by atoms with Crippen LogP contribution < -0.4 is 16.4 Å². The molecule has 0 saturated heterocycles. The van der Waals surface area contributed by atoms with E-state index in [0.29, 0.717) is 12.8 Å². The summed E-state index contributed by atoms with van der Waals surface area (Å²) in [7, 11) is 0. The van der Waals surface area contributed by atoms with Crippen LogP contribution in [0.15, 0.2) is 0 Å². The summed E-state index contributed by atoms with van der Waals surface area (Å²) in [6.45, 7) is 5.77. The first-order valence-corrected chi connectivity index (χ1v) is 6.84. The lowest BCUT2D eigenvalue weighted by molar-refractivity contribution is -0.142. The number of aliphatic carboxylic acids is 1. The van der Waals surface area contributed by atoms with E-state index in [1.54, 1.807) is 0 Å². The molecule has 0 radical (unpaired) electrons. The van der Waals surface area contributed by atoms with Gasteiger partial charge in [-0.25, -0.2) is 4.79 Å². The lowest BCUT2D eigenvalue weighted by atomic mass is 10.0. The van der Waals surface area contributed by atoms with Crippen LogP contribution in [0.5, 0.6) is 0 Å². The van der Waals surface area contributed by atoms with Crippen molar-refractivity contribution in [1.82, 2.24) is 10.6 Å². The second-order valence-corrected chi connectivity index (χ2v) is 5.26. The van der Waals surface area contributed by atoms with Gasteiger partial charge in [-0.1, -0.05) is 27.2 Å². The van der Waals surface area contributed by atoms with Gasteiger partial charge in [0.05, 0.1) is 5.92 Å². The number of carboxylic acid groups (broad SMARTS) is 1. The van der Waals surface area contributed by atoms with Crippen LogP contribution in [0.4, 0.5) is 4.79 Å². The highest BCUT2D eigenvalue weighted by molar-refractivity contribution is 5.86. The summed E-state index contributed by atoms with van der Waals surface area (Å²) in [5.74, 6) is -1.75. The quantitative estimate of drug-likeness (QED) is 0.498. The zero-order chi connectivity index (χ0) is 15.7. The van der Waals surface area contributed by atoms with Crippen molar-refractivity contribution in [2.24, 2.45) is 17.6 Å². The van der Waals surface area contributed by atoms with Crippen molar-refractivity contribution in [3.8, 4) is 0 Å². The molecule has 0 aromatic rings. The third-order valence-electron chi connectivity index (χ3n) is 2.85. The number of carboxylic acids is 1. The molecule has 0 fully saturated rings. The number of nitrogens with two attached hydrogens (primary N) is 1. The van der Waals surface area contributed by atoms with Crippen LogP contribution in [0.2, 0.25) is 0 Å². The fourth-order valence-electron chi connectivity index (χ4n) is 1.88. The Morgan fingerprint density at radius 1 is 1.25 bits per heavy atom. The lowest BCUT2D eigenvalue weighted by Gasteiger charge is -2.20. The van der Waals surface area contributed by atoms with Gasteiger partial charge in [-0.3, -0.25) is 9.59 Å². The summed E-state index contributed by atoms with van der Waals surface area (Å²) in [5, 5.41) is 14.0. The Labute approximate surface area is 119 Å². The Morgan fingerprint density at radius 2 is 1.85 bits per heavy atom. The van der Waals surface area contributed by atoms with Gasteiger partial charge in [0.15, 0.2) is 0 Å². The summed E-state index contributed by atoms with van der Waals surface area (Å²) in [6.07, 6.45) is 1.66. The zero-order valence-corrected chi connectivity index (χ0v) is 12.3. The maximum absolute atomic E-state index is 12.0. The van der Waals surface area contributed by atoms with Crippen LogP contribution >= 0.6 is 0 Å². The van der Waals surface area contributed by atoms with E-state index in [0.717, 1.165) is 6.42 Å². The average Bonchev–Trinajstić information content (AvgIpc) is 2.31. The molecule has 0 bridgehead atoms. The molecule has 3 amide bonds. The number of urea groups is 1. The summed E-state index contributed by atoms with van der Waals surface area (Å²) >= 11 is 0. The Balaban J connectivity index is 4.50. The van der Waals surface area contributed by atoms with Gasteiger partial charge < -0.3 is 21.5 Å². The van der Waals surface area contributed by atoms with Crippen LogP contribution in [0.25, 0.3) is 0 Å². The molecule has 0 spiro atoms. The maximum Gasteiger partial charge on any atom is 0.312 e. The summed E-state index contributed by atoms with van der Waals surface area (Å²) < 4.78 is 0. The monoisotopic (exact) mass is 287 g/mol. The SMILES string of the molecule is CCCC(CNC(=O)C(CC(C)C)NC(N)=O)C(=O)O. The standard InChI is InChI=1S/C13H25N3O4/c1-4-5-9(12(18)19)7-15-11(17)10(6-8(2)3)16-13(14)20/h8-10H,4-7H2,1-3H3,(H,15,17)(H,18,19)(H3,14,16,20). The van der Waals surface area contributed by atoms with Gasteiger partial charge in [0, 0.05) is 6.54 Å². The Kier molecular flexibility index (Phi) is 8.35. The molecule has 0 aliphatic carbocycles. The van der Waals surface area contributed by atoms with Gasteiger partial charge in [0.2, 0.25) is 5.91 Å². The highest BCUT2D eigenvalue weighted by Gasteiger charge is 2.23. The first-order chi connectivity index (χ1) is 9.27. The predicted molar refractivity (Wildman–Crippen MR) is 75.0 cm³/mol. The van der Waals surface area contributed by atoms with Crippen molar-refractivity contribution < 1.29 is 19.5 Å². The second-order valence-electron chi connectivity index (χ2n) is 5.26. The Bertz CT molecular complexity index is 345. The topological polar surface area (TPSA) is 122 Å². The minimum atomic E-state index is -0.935. The van der Waals surface area contributed by atoms with E-state index in [1.165, 1.54) is 0 Å². The van der Waals surface area contributed by atoms with E-state index in [1.807, 2.05) is 20.8 Å². The van der Waals surface area contributed by atoms with E-state index < -0.39 is 29.9 Å². The Hall–Kier alpha value is -1.79. The van der Waals surface area contributed by atoms with E-state index >= 15 is 0 Å². The number of carbonyl (C=O) groups is 3. The van der Waals surface area contributed by atoms with E-state index in [2.05, 4.69) is 10.6 Å². The molecule has 7 heteroatoms. The average molecular weight is 287 g/mol. The summed E-state index contributed by atoms with van der Waals surface area (Å²) in [6, 6.07) is -1.50. The molecule has 7 nitrogen and oxygen atoms in total. The second kappa shape index (κ2) is 9.17. The third-order valence-corrected chi connectivity index (χ3v) is 2.85. The minimum absolute atomic E-state index is 0.0526. The molecule has 2 unspecified atom stereocenters. The molecule has 0 saturated carbocycles. The lowest BCUT2D eigenvalue weighted by Crippen LogP contribution is -2.50. The summed E-state index contributed by atoms with van der Waals surface area (Å²) in [5.41, 5.74) is 5.03. The number of hydrogen-bond acceptors (Lipinski definition) is 3. The van der Waals surface area contributed by atoms with Crippen LogP contribution in [-0.4, -0.2) is 35.6 Å². The molecular weight excluding hydrogens is 262 g/mol. The van der Waals surface area contributed by atoms with Gasteiger partial charge in [0.25, 0.3) is 0 Å². The van der Waals surface area contributed by atoms with E-state index in [4.69, 9.17) is 10.8 Å². The maximum atomic E-state index is 12.0. The first-order valence-electron chi connectivity index (χ1n) is 6.84. The van der Waals surface area contributed by atoms with Crippen LogP contribution in [0.1, 0.15) is 40.0 Å². The van der Waals surface area contributed by atoms with Gasteiger partial charge in [-0.2, -0.15) is 0 Å². The van der Waals surface area contributed by atoms with Gasteiger partial charge in [0.1, 0.15) is 6.04 Å². The van der Waals surface area contributed by atoms with Crippen molar-refractivity contribution in [1.29, 1.82) is 0 Å². The van der Waals surface area contributed by atoms with Crippen LogP contribution in [-0.2, 0) is 9.59 Å². The molecular formula is C13H25N3O4. The molecule has 0 aromatic carbocycles. The molecule has 116 valence electrons. The molecule has 0 aliphatic rings. The van der Waals surface area contributed by atoms with Crippen LogP contribution in [0.3, 0.4) is 0 Å². The normalized spacial score (nSPS) is 13.6. The Morgan fingerprint density at radius 3 is 2.25 bits per heavy atom. The molecule has 2 atom stereocenters. The third kappa shape index (κ3) is 7.60. The van der Waals surface area contributed by atoms with Gasteiger partial charge in [-0.05, 0) is 18.8 Å². The smallest absolute Gasteiger partial charge is 0.312 e. The van der Waals surface area contributed by atoms with Crippen molar-refractivity contribution in [2.75, 3.05) is 6.54 Å². The molecule has 0 rings (SSSR count). The number of primary amides is 1. The fourth-order valence-corrected chi connectivity index (χ4v) is 1.88. The van der Waals surface area contributed by atoms with Gasteiger partial charge in [-0.15, -0.1) is 0 Å². The largest absolute Gasteiger partial charge is 0.481 e. The zero-order valence-electron chi connectivity index (χ0n) is 12.3. The first kappa shape index (κ1) is 18.2.